The van der Waals surface area contributed by atoms with Crippen molar-refractivity contribution in [3.63, 3.8) is 0 Å². The predicted molar refractivity (Wildman–Crippen MR) is 120 cm³/mol. The first kappa shape index (κ1) is 21.8. The monoisotopic (exact) mass is 446 g/mol. The summed E-state index contributed by atoms with van der Waals surface area (Å²) in [6, 6.07) is 15.3. The normalized spacial score (nSPS) is 13.4. The number of nitrogens with one attached hydrogen (secondary N) is 3. The van der Waals surface area contributed by atoms with Gasteiger partial charge in [0, 0.05) is 43.0 Å². The van der Waals surface area contributed by atoms with Crippen molar-refractivity contribution in [2.75, 3.05) is 10.3 Å². The molecule has 2 heterocycles. The third-order valence-electron chi connectivity index (χ3n) is 4.97. The molecule has 1 aliphatic rings. The first-order chi connectivity index (χ1) is 16.0. The molecule has 1 fully saturated rings. The van der Waals surface area contributed by atoms with Gasteiger partial charge in [-0.25, -0.2) is 5.01 Å². The predicted octanol–water partition coefficient (Wildman–Crippen LogP) is 1.61. The van der Waals surface area contributed by atoms with Gasteiger partial charge in [0.15, 0.2) is 0 Å². The molecular formula is C23H22N6O4. The van der Waals surface area contributed by atoms with Gasteiger partial charge in [0.2, 0.25) is 17.7 Å². The number of carbonyl (C=O) groups is 4. The Bertz CT molecular complexity index is 1170. The van der Waals surface area contributed by atoms with E-state index in [4.69, 9.17) is 0 Å². The summed E-state index contributed by atoms with van der Waals surface area (Å²) in [7, 11) is 0. The van der Waals surface area contributed by atoms with Crippen molar-refractivity contribution in [3.8, 4) is 0 Å². The summed E-state index contributed by atoms with van der Waals surface area (Å²) >= 11 is 0. The van der Waals surface area contributed by atoms with Crippen molar-refractivity contribution in [1.82, 2.24) is 20.5 Å². The van der Waals surface area contributed by atoms with Crippen LogP contribution in [0.4, 0.5) is 11.4 Å². The summed E-state index contributed by atoms with van der Waals surface area (Å²) in [4.78, 5) is 48.2. The lowest BCUT2D eigenvalue weighted by atomic mass is 10.1. The Morgan fingerprint density at radius 1 is 1.03 bits per heavy atom. The van der Waals surface area contributed by atoms with Crippen molar-refractivity contribution in [1.29, 1.82) is 0 Å². The molecule has 3 aromatic rings. The number of anilines is 2. The summed E-state index contributed by atoms with van der Waals surface area (Å²) < 4.78 is 1.53. The molecular weight excluding hydrogens is 424 g/mol. The Morgan fingerprint density at radius 3 is 2.61 bits per heavy atom. The van der Waals surface area contributed by atoms with E-state index in [1.54, 1.807) is 60.9 Å². The number of nitrogens with zero attached hydrogens (tertiary/aromatic N) is 3. The zero-order valence-electron chi connectivity index (χ0n) is 17.7. The molecule has 4 amide bonds. The second-order valence-corrected chi connectivity index (χ2v) is 7.45. The van der Waals surface area contributed by atoms with Crippen LogP contribution in [0.5, 0.6) is 0 Å². The van der Waals surface area contributed by atoms with Gasteiger partial charge in [-0.3, -0.25) is 29.3 Å². The first-order valence-electron chi connectivity index (χ1n) is 10.3. The topological polar surface area (TPSA) is 125 Å². The Labute approximate surface area is 189 Å². The molecule has 0 unspecified atom stereocenters. The Kier molecular flexibility index (Phi) is 6.44. The van der Waals surface area contributed by atoms with Gasteiger partial charge >= 0.3 is 0 Å². The molecule has 10 heteroatoms. The maximum Gasteiger partial charge on any atom is 0.251 e. The lowest BCUT2D eigenvalue weighted by Gasteiger charge is -2.27. The van der Waals surface area contributed by atoms with Crippen LogP contribution in [0.25, 0.3) is 0 Å². The zero-order valence-corrected chi connectivity index (χ0v) is 17.7. The van der Waals surface area contributed by atoms with E-state index in [9.17, 15) is 19.2 Å². The second-order valence-electron chi connectivity index (χ2n) is 7.45. The highest BCUT2D eigenvalue weighted by Crippen LogP contribution is 2.18. The molecule has 1 saturated heterocycles. The average Bonchev–Trinajstić information content (AvgIpc) is 3.32. The quantitative estimate of drug-likeness (QED) is 0.508. The van der Waals surface area contributed by atoms with Gasteiger partial charge in [0.25, 0.3) is 5.91 Å². The number of aromatic nitrogens is 2. The number of hydrogen-bond donors (Lipinski definition) is 3. The number of benzene rings is 2. The van der Waals surface area contributed by atoms with Crippen LogP contribution in [0, 0.1) is 0 Å². The van der Waals surface area contributed by atoms with E-state index in [0.29, 0.717) is 16.9 Å². The van der Waals surface area contributed by atoms with Gasteiger partial charge in [0.05, 0.1) is 5.69 Å². The fourth-order valence-electron chi connectivity index (χ4n) is 3.33. The van der Waals surface area contributed by atoms with E-state index < -0.39 is 0 Å². The molecule has 1 aromatic heterocycles. The third kappa shape index (κ3) is 5.62. The molecule has 10 nitrogen and oxygen atoms in total. The molecule has 3 N–H and O–H groups in total. The van der Waals surface area contributed by atoms with Crippen LogP contribution in [0.15, 0.2) is 67.0 Å². The van der Waals surface area contributed by atoms with E-state index in [-0.39, 0.29) is 49.6 Å². The van der Waals surface area contributed by atoms with Gasteiger partial charge in [-0.15, -0.1) is 0 Å². The van der Waals surface area contributed by atoms with Crippen LogP contribution in [0.3, 0.4) is 0 Å². The Morgan fingerprint density at radius 2 is 1.85 bits per heavy atom. The number of rotatable bonds is 7. The summed E-state index contributed by atoms with van der Waals surface area (Å²) in [5.74, 6) is -0.924. The van der Waals surface area contributed by atoms with Crippen molar-refractivity contribution >= 4 is 35.0 Å². The van der Waals surface area contributed by atoms with Crippen LogP contribution >= 0.6 is 0 Å². The molecule has 0 saturated carbocycles. The van der Waals surface area contributed by atoms with Gasteiger partial charge in [-0.1, -0.05) is 12.1 Å². The maximum atomic E-state index is 12.5. The van der Waals surface area contributed by atoms with Crippen LogP contribution in [0.2, 0.25) is 0 Å². The Balaban J connectivity index is 1.32. The molecule has 0 spiro atoms. The molecule has 0 aliphatic carbocycles. The molecule has 2 aromatic carbocycles. The molecule has 168 valence electrons. The van der Waals surface area contributed by atoms with E-state index in [1.165, 1.54) is 9.69 Å². The van der Waals surface area contributed by atoms with Gasteiger partial charge in [-0.05, 0) is 48.0 Å². The van der Waals surface area contributed by atoms with Crippen molar-refractivity contribution in [3.05, 3.63) is 78.1 Å². The fourth-order valence-corrected chi connectivity index (χ4v) is 3.33. The minimum atomic E-state index is -0.288. The summed E-state index contributed by atoms with van der Waals surface area (Å²) in [6.45, 7) is 0.376. The van der Waals surface area contributed by atoms with Crippen molar-refractivity contribution < 1.29 is 19.2 Å². The number of amides is 4. The molecule has 0 radical (unpaired) electrons. The minimum absolute atomic E-state index is 0.108. The number of hydrogen-bond acceptors (Lipinski definition) is 5. The highest BCUT2D eigenvalue weighted by molar-refractivity contribution is 6.01. The molecule has 0 bridgehead atoms. The summed E-state index contributed by atoms with van der Waals surface area (Å²) in [5, 5.41) is 10.8. The third-order valence-corrected chi connectivity index (χ3v) is 4.97. The molecule has 4 rings (SSSR count). The standard InChI is InChI=1S/C23H22N6O4/c30-20-9-10-22(32)29(27-20)19-7-5-17(6-8-19)23(33)24-14-16-3-1-4-18(13-16)26-21(31)15-28-12-2-11-25-28/h1-8,11-13H,9-10,14-15H2,(H,24,33)(H,26,31)(H,27,30). The molecule has 0 atom stereocenters. The van der Waals surface area contributed by atoms with Gasteiger partial charge in [-0.2, -0.15) is 5.10 Å². The van der Waals surface area contributed by atoms with E-state index in [2.05, 4.69) is 21.2 Å². The highest BCUT2D eigenvalue weighted by atomic mass is 16.2. The fraction of sp³-hybridized carbons (Fsp3) is 0.174. The molecule has 33 heavy (non-hydrogen) atoms. The molecule has 1 aliphatic heterocycles. The van der Waals surface area contributed by atoms with Crippen molar-refractivity contribution in [2.45, 2.75) is 25.9 Å². The average molecular weight is 446 g/mol. The smallest absolute Gasteiger partial charge is 0.251 e. The number of carbonyl (C=O) groups excluding carboxylic acids is 4. The summed E-state index contributed by atoms with van der Waals surface area (Å²) in [6.07, 6.45) is 3.63. The first-order valence-corrected chi connectivity index (χ1v) is 10.3. The van der Waals surface area contributed by atoms with Gasteiger partial charge in [0.1, 0.15) is 6.54 Å². The lowest BCUT2D eigenvalue weighted by molar-refractivity contribution is -0.130. The van der Waals surface area contributed by atoms with E-state index in [0.717, 1.165) is 5.56 Å². The van der Waals surface area contributed by atoms with Crippen LogP contribution in [-0.4, -0.2) is 33.4 Å². The SMILES string of the molecule is O=C(Cn1cccn1)Nc1cccc(CNC(=O)c2ccc(N3NC(=O)CCC3=O)cc2)c1. The van der Waals surface area contributed by atoms with E-state index in [1.807, 2.05) is 6.07 Å². The van der Waals surface area contributed by atoms with Crippen molar-refractivity contribution in [2.24, 2.45) is 0 Å². The lowest BCUT2D eigenvalue weighted by Crippen LogP contribution is -2.50. The zero-order chi connectivity index (χ0) is 23.2. The van der Waals surface area contributed by atoms with E-state index >= 15 is 0 Å². The highest BCUT2D eigenvalue weighted by Gasteiger charge is 2.24. The van der Waals surface area contributed by atoms with Crippen LogP contribution in [0.1, 0.15) is 28.8 Å². The largest absolute Gasteiger partial charge is 0.348 e. The Hall–Kier alpha value is -4.47. The second kappa shape index (κ2) is 9.77. The maximum absolute atomic E-state index is 12.5. The number of hydrazine groups is 1. The van der Waals surface area contributed by atoms with Gasteiger partial charge < -0.3 is 10.6 Å². The summed E-state index contributed by atoms with van der Waals surface area (Å²) in [5.41, 5.74) is 4.86. The van der Waals surface area contributed by atoms with Crippen LogP contribution in [-0.2, 0) is 27.5 Å². The minimum Gasteiger partial charge on any atom is -0.348 e. The van der Waals surface area contributed by atoms with Crippen LogP contribution < -0.4 is 21.1 Å².